The number of para-hydroxylation sites is 2. The molecule has 0 spiro atoms. The van der Waals surface area contributed by atoms with Crippen molar-refractivity contribution in [3.05, 3.63) is 59.4 Å². The van der Waals surface area contributed by atoms with Crippen molar-refractivity contribution in [2.24, 2.45) is 5.41 Å². The predicted octanol–water partition coefficient (Wildman–Crippen LogP) is 4.39. The number of nitrogens with one attached hydrogen (secondary N) is 1. The highest BCUT2D eigenvalue weighted by molar-refractivity contribution is 5.81. The maximum atomic E-state index is 12.3. The zero-order chi connectivity index (χ0) is 20.3. The molecule has 148 valence electrons. The quantitative estimate of drug-likeness (QED) is 0.691. The molecule has 5 nitrogen and oxygen atoms in total. The lowest BCUT2D eigenvalue weighted by Gasteiger charge is -2.18. The number of carbonyl (C=O) groups excluding carboxylic acids is 1. The van der Waals surface area contributed by atoms with Crippen LogP contribution in [0.25, 0.3) is 11.0 Å². The Kier molecular flexibility index (Phi) is 5.73. The molecule has 28 heavy (non-hydrogen) atoms. The number of carbonyl (C=O) groups is 1. The molecule has 1 amide bonds. The van der Waals surface area contributed by atoms with E-state index in [-0.39, 0.29) is 5.91 Å². The molecule has 0 atom stereocenters. The summed E-state index contributed by atoms with van der Waals surface area (Å²) in [5.41, 5.74) is 3.92. The topological polar surface area (TPSA) is 56.1 Å². The summed E-state index contributed by atoms with van der Waals surface area (Å²) in [6.07, 6.45) is 0. The molecule has 0 fully saturated rings. The number of hydrogen-bond donors (Lipinski definition) is 1. The van der Waals surface area contributed by atoms with Gasteiger partial charge < -0.3 is 14.6 Å². The Bertz CT molecular complexity index is 963. The van der Waals surface area contributed by atoms with Crippen molar-refractivity contribution in [3.63, 3.8) is 0 Å². The number of fused-ring (bicyclic) bond motifs is 1. The van der Waals surface area contributed by atoms with E-state index < -0.39 is 5.41 Å². The number of aryl methyl sites for hydroxylation is 2. The van der Waals surface area contributed by atoms with Crippen molar-refractivity contribution >= 4 is 16.9 Å². The van der Waals surface area contributed by atoms with Crippen molar-refractivity contribution < 1.29 is 9.53 Å². The summed E-state index contributed by atoms with van der Waals surface area (Å²) in [7, 11) is 0. The number of nitrogens with zero attached hydrogens (tertiary/aromatic N) is 2. The smallest absolute Gasteiger partial charge is 0.225 e. The molecule has 0 bridgehead atoms. The minimum Gasteiger partial charge on any atom is -0.492 e. The van der Waals surface area contributed by atoms with E-state index in [1.807, 2.05) is 57.2 Å². The largest absolute Gasteiger partial charge is 0.492 e. The van der Waals surface area contributed by atoms with Gasteiger partial charge in [-0.25, -0.2) is 4.98 Å². The molecular weight excluding hydrogens is 350 g/mol. The molecule has 0 unspecified atom stereocenters. The van der Waals surface area contributed by atoms with E-state index in [0.717, 1.165) is 22.6 Å². The lowest BCUT2D eigenvalue weighted by Crippen LogP contribution is -2.35. The number of benzene rings is 2. The number of ether oxygens (including phenoxy) is 1. The minimum atomic E-state index is -0.428. The third kappa shape index (κ3) is 4.71. The van der Waals surface area contributed by atoms with E-state index in [2.05, 4.69) is 29.8 Å². The summed E-state index contributed by atoms with van der Waals surface area (Å²) < 4.78 is 8.11. The second-order valence-corrected chi connectivity index (χ2v) is 8.27. The molecule has 0 aliphatic rings. The lowest BCUT2D eigenvalue weighted by atomic mass is 9.96. The van der Waals surface area contributed by atoms with E-state index in [9.17, 15) is 4.79 Å². The molecule has 0 saturated heterocycles. The van der Waals surface area contributed by atoms with Gasteiger partial charge in [0.05, 0.1) is 24.1 Å². The maximum absolute atomic E-state index is 12.3. The third-order valence-electron chi connectivity index (χ3n) is 4.60. The molecule has 0 aliphatic heterocycles. The molecule has 5 heteroatoms. The van der Waals surface area contributed by atoms with Gasteiger partial charge in [-0.1, -0.05) is 39.0 Å². The van der Waals surface area contributed by atoms with E-state index in [1.165, 1.54) is 11.1 Å². The zero-order valence-corrected chi connectivity index (χ0v) is 17.4. The SMILES string of the molecule is Cc1cc(C)cc(OCCn2c(CNC(=O)C(C)(C)C)nc3ccccc32)c1. The highest BCUT2D eigenvalue weighted by atomic mass is 16.5. The number of amides is 1. The Morgan fingerprint density at radius 2 is 1.79 bits per heavy atom. The Hall–Kier alpha value is -2.82. The van der Waals surface area contributed by atoms with Crippen molar-refractivity contribution in [1.29, 1.82) is 0 Å². The van der Waals surface area contributed by atoms with E-state index in [1.54, 1.807) is 0 Å². The molecule has 1 aromatic heterocycles. The molecule has 2 aromatic carbocycles. The van der Waals surface area contributed by atoms with Crippen LogP contribution < -0.4 is 10.1 Å². The fourth-order valence-corrected chi connectivity index (χ4v) is 3.21. The molecule has 1 N–H and O–H groups in total. The first-order valence-corrected chi connectivity index (χ1v) is 9.67. The van der Waals surface area contributed by atoms with Crippen LogP contribution in [0.4, 0.5) is 0 Å². The van der Waals surface area contributed by atoms with Gasteiger partial charge in [-0.3, -0.25) is 4.79 Å². The van der Waals surface area contributed by atoms with Gasteiger partial charge in [0, 0.05) is 5.41 Å². The lowest BCUT2D eigenvalue weighted by molar-refractivity contribution is -0.128. The van der Waals surface area contributed by atoms with E-state index in [0.29, 0.717) is 19.7 Å². The highest BCUT2D eigenvalue weighted by Crippen LogP contribution is 2.19. The minimum absolute atomic E-state index is 0.0117. The van der Waals surface area contributed by atoms with Crippen LogP contribution in [0.3, 0.4) is 0 Å². The summed E-state index contributed by atoms with van der Waals surface area (Å²) in [5, 5.41) is 3.00. The van der Waals surface area contributed by atoms with Crippen LogP contribution in [0.2, 0.25) is 0 Å². The maximum Gasteiger partial charge on any atom is 0.225 e. The third-order valence-corrected chi connectivity index (χ3v) is 4.60. The fraction of sp³-hybridized carbons (Fsp3) is 0.391. The van der Waals surface area contributed by atoms with Crippen LogP contribution in [-0.2, 0) is 17.9 Å². The van der Waals surface area contributed by atoms with E-state index >= 15 is 0 Å². The van der Waals surface area contributed by atoms with Crippen LogP contribution in [0.1, 0.15) is 37.7 Å². The molecule has 3 rings (SSSR count). The summed E-state index contributed by atoms with van der Waals surface area (Å²) >= 11 is 0. The molecule has 0 aliphatic carbocycles. The first kappa shape index (κ1) is 19.9. The second-order valence-electron chi connectivity index (χ2n) is 8.27. The number of rotatable bonds is 6. The van der Waals surface area contributed by atoms with Gasteiger partial charge in [-0.2, -0.15) is 0 Å². The Morgan fingerprint density at radius 1 is 1.11 bits per heavy atom. The van der Waals surface area contributed by atoms with Crippen LogP contribution in [-0.4, -0.2) is 22.1 Å². The van der Waals surface area contributed by atoms with Gasteiger partial charge in [0.25, 0.3) is 0 Å². The van der Waals surface area contributed by atoms with Crippen molar-refractivity contribution in [2.45, 2.75) is 47.7 Å². The standard InChI is InChI=1S/C23H29N3O2/c1-16-12-17(2)14-18(13-16)28-11-10-26-20-9-7-6-8-19(20)25-21(26)15-24-22(27)23(3,4)5/h6-9,12-14H,10-11,15H2,1-5H3,(H,24,27). The van der Waals surface area contributed by atoms with Crippen molar-refractivity contribution in [3.8, 4) is 5.75 Å². The summed E-state index contributed by atoms with van der Waals surface area (Å²) in [5.74, 6) is 1.73. The summed E-state index contributed by atoms with van der Waals surface area (Å²) in [4.78, 5) is 17.0. The second kappa shape index (κ2) is 8.05. The predicted molar refractivity (Wildman–Crippen MR) is 112 cm³/mol. The van der Waals surface area contributed by atoms with Gasteiger partial charge in [-0.05, 0) is 49.2 Å². The zero-order valence-electron chi connectivity index (χ0n) is 17.4. The van der Waals surface area contributed by atoms with Crippen LogP contribution in [0, 0.1) is 19.3 Å². The fourth-order valence-electron chi connectivity index (χ4n) is 3.21. The Morgan fingerprint density at radius 3 is 2.46 bits per heavy atom. The molecule has 0 radical (unpaired) electrons. The van der Waals surface area contributed by atoms with Crippen molar-refractivity contribution in [2.75, 3.05) is 6.61 Å². The van der Waals surface area contributed by atoms with Gasteiger partial charge in [0.2, 0.25) is 5.91 Å². The van der Waals surface area contributed by atoms with Gasteiger partial charge in [-0.15, -0.1) is 0 Å². The van der Waals surface area contributed by atoms with Crippen LogP contribution in [0.15, 0.2) is 42.5 Å². The number of hydrogen-bond acceptors (Lipinski definition) is 3. The number of aromatic nitrogens is 2. The van der Waals surface area contributed by atoms with Crippen molar-refractivity contribution in [1.82, 2.24) is 14.9 Å². The molecule has 3 aromatic rings. The monoisotopic (exact) mass is 379 g/mol. The number of imidazole rings is 1. The summed E-state index contributed by atoms with van der Waals surface area (Å²) in [6, 6.07) is 14.2. The van der Waals surface area contributed by atoms with Gasteiger partial charge in [0.15, 0.2) is 0 Å². The first-order chi connectivity index (χ1) is 13.2. The Balaban J connectivity index is 1.76. The van der Waals surface area contributed by atoms with Crippen LogP contribution in [0.5, 0.6) is 5.75 Å². The van der Waals surface area contributed by atoms with E-state index in [4.69, 9.17) is 9.72 Å². The van der Waals surface area contributed by atoms with Gasteiger partial charge in [0.1, 0.15) is 18.2 Å². The molecular formula is C23H29N3O2. The molecule has 1 heterocycles. The van der Waals surface area contributed by atoms with Crippen LogP contribution >= 0.6 is 0 Å². The summed E-state index contributed by atoms with van der Waals surface area (Å²) in [6.45, 7) is 11.4. The molecule has 0 saturated carbocycles. The van der Waals surface area contributed by atoms with Gasteiger partial charge >= 0.3 is 0 Å². The highest BCUT2D eigenvalue weighted by Gasteiger charge is 2.21. The average Bonchev–Trinajstić information content (AvgIpc) is 2.96. The average molecular weight is 380 g/mol. The first-order valence-electron chi connectivity index (χ1n) is 9.67. The normalized spacial score (nSPS) is 11.6. The Labute approximate surface area is 166 Å².